The van der Waals surface area contributed by atoms with Crippen molar-refractivity contribution in [3.63, 3.8) is 0 Å². The van der Waals surface area contributed by atoms with E-state index in [2.05, 4.69) is 12.6 Å². The van der Waals surface area contributed by atoms with Crippen LogP contribution < -0.4 is 5.73 Å². The first-order valence-corrected chi connectivity index (χ1v) is 2.64. The Morgan fingerprint density at radius 1 is 1.67 bits per heavy atom. The molecule has 6 heavy (non-hydrogen) atoms. The summed E-state index contributed by atoms with van der Waals surface area (Å²) >= 11 is 4.24. The molecule has 0 aromatic carbocycles. The van der Waals surface area contributed by atoms with Crippen LogP contribution in [0.4, 0.5) is 0 Å². The van der Waals surface area contributed by atoms with Crippen molar-refractivity contribution in [3.8, 4) is 0 Å². The van der Waals surface area contributed by atoms with Gasteiger partial charge in [-0.3, -0.25) is 0 Å². The van der Waals surface area contributed by atoms with E-state index in [0.717, 1.165) is 6.54 Å². The fraction of sp³-hybridized carbons (Fsp3) is 1.00. The van der Waals surface area contributed by atoms with Crippen LogP contribution in [-0.4, -0.2) is 11.3 Å². The van der Waals surface area contributed by atoms with Crippen LogP contribution in [0.15, 0.2) is 0 Å². The molecule has 0 amide bonds. The molecule has 1 saturated carbocycles. The van der Waals surface area contributed by atoms with Crippen LogP contribution in [0, 0.1) is 0 Å². The molecule has 0 atom stereocenters. The van der Waals surface area contributed by atoms with E-state index >= 15 is 0 Å². The fourth-order valence-corrected chi connectivity index (χ4v) is 0.460. The van der Waals surface area contributed by atoms with Gasteiger partial charge in [0.05, 0.1) is 0 Å². The highest BCUT2D eigenvalue weighted by molar-refractivity contribution is 7.82. The lowest BCUT2D eigenvalue weighted by Crippen LogP contribution is -2.14. The van der Waals surface area contributed by atoms with Crippen LogP contribution in [0.2, 0.25) is 0 Å². The van der Waals surface area contributed by atoms with Crippen LogP contribution in [-0.2, 0) is 0 Å². The molecule has 2 N–H and O–H groups in total. The van der Waals surface area contributed by atoms with Crippen molar-refractivity contribution in [2.24, 2.45) is 5.73 Å². The van der Waals surface area contributed by atoms with Crippen molar-refractivity contribution in [2.45, 2.75) is 17.6 Å². The second kappa shape index (κ2) is 1.14. The molecular formula is C4H9NS. The smallest absolute Gasteiger partial charge is 0.0253 e. The Morgan fingerprint density at radius 2 is 2.17 bits per heavy atom. The van der Waals surface area contributed by atoms with Crippen LogP contribution >= 0.6 is 12.6 Å². The van der Waals surface area contributed by atoms with Gasteiger partial charge in [0.25, 0.3) is 0 Å². The monoisotopic (exact) mass is 103 g/mol. The standard InChI is InChI=1S/C4H9NS/c5-3-4(6)1-2-4/h6H,1-3,5H2. The van der Waals surface area contributed by atoms with E-state index in [0.29, 0.717) is 0 Å². The molecule has 0 saturated heterocycles. The minimum Gasteiger partial charge on any atom is -0.329 e. The number of hydrogen-bond donors (Lipinski definition) is 2. The minimum absolute atomic E-state index is 0.264. The third kappa shape index (κ3) is 0.684. The molecule has 0 heterocycles. The molecular weight excluding hydrogens is 94.1 g/mol. The molecule has 1 nitrogen and oxygen atoms in total. The Labute approximate surface area is 43.3 Å². The zero-order chi connectivity index (χ0) is 4.62. The third-order valence-electron chi connectivity index (χ3n) is 1.21. The Morgan fingerprint density at radius 3 is 2.17 bits per heavy atom. The Kier molecular flexibility index (Phi) is 0.848. The summed E-state index contributed by atoms with van der Waals surface area (Å²) in [4.78, 5) is 0. The lowest BCUT2D eigenvalue weighted by molar-refractivity contribution is 0.908. The molecule has 2 heteroatoms. The van der Waals surface area contributed by atoms with E-state index < -0.39 is 0 Å². The number of rotatable bonds is 1. The van der Waals surface area contributed by atoms with Gasteiger partial charge in [0.1, 0.15) is 0 Å². The van der Waals surface area contributed by atoms with Crippen LogP contribution in [0.3, 0.4) is 0 Å². The summed E-state index contributed by atoms with van der Waals surface area (Å²) in [6, 6.07) is 0. The van der Waals surface area contributed by atoms with E-state index in [1.54, 1.807) is 0 Å². The lowest BCUT2D eigenvalue weighted by Gasteiger charge is -1.96. The largest absolute Gasteiger partial charge is 0.329 e. The molecule has 0 bridgehead atoms. The highest BCUT2D eigenvalue weighted by atomic mass is 32.1. The van der Waals surface area contributed by atoms with Crippen LogP contribution in [0.5, 0.6) is 0 Å². The van der Waals surface area contributed by atoms with Gasteiger partial charge < -0.3 is 5.73 Å². The van der Waals surface area contributed by atoms with E-state index in [4.69, 9.17) is 5.73 Å². The number of thiol groups is 1. The Bertz CT molecular complexity index is 58.6. The van der Waals surface area contributed by atoms with Crippen LogP contribution in [0.25, 0.3) is 0 Å². The van der Waals surface area contributed by atoms with Gasteiger partial charge in [0.15, 0.2) is 0 Å². The first kappa shape index (κ1) is 4.47. The van der Waals surface area contributed by atoms with Gasteiger partial charge in [-0.05, 0) is 12.8 Å². The van der Waals surface area contributed by atoms with Gasteiger partial charge >= 0.3 is 0 Å². The van der Waals surface area contributed by atoms with Crippen LogP contribution in [0.1, 0.15) is 12.8 Å². The third-order valence-corrected chi connectivity index (χ3v) is 1.84. The predicted octanol–water partition coefficient (Wildman–Crippen LogP) is 0.408. The quantitative estimate of drug-likeness (QED) is 0.462. The summed E-state index contributed by atoms with van der Waals surface area (Å²) in [6.45, 7) is 0.746. The SMILES string of the molecule is NCC1(S)CC1. The van der Waals surface area contributed by atoms with E-state index in [1.807, 2.05) is 0 Å². The van der Waals surface area contributed by atoms with E-state index in [-0.39, 0.29) is 4.75 Å². The number of hydrogen-bond acceptors (Lipinski definition) is 2. The van der Waals surface area contributed by atoms with Gasteiger partial charge in [-0.25, -0.2) is 0 Å². The summed E-state index contributed by atoms with van der Waals surface area (Å²) in [7, 11) is 0. The van der Waals surface area contributed by atoms with Gasteiger partial charge in [0.2, 0.25) is 0 Å². The summed E-state index contributed by atoms with van der Waals surface area (Å²) < 4.78 is 0.264. The fourth-order valence-electron chi connectivity index (χ4n) is 0.348. The second-order valence-corrected chi connectivity index (χ2v) is 2.88. The second-order valence-electron chi connectivity index (χ2n) is 1.93. The number of nitrogens with two attached hydrogens (primary N) is 1. The van der Waals surface area contributed by atoms with Crippen molar-refractivity contribution in [1.29, 1.82) is 0 Å². The average Bonchev–Trinajstić information content (AvgIpc) is 2.22. The Balaban J connectivity index is 2.28. The molecule has 1 aliphatic carbocycles. The summed E-state index contributed by atoms with van der Waals surface area (Å²) in [6.07, 6.45) is 2.43. The summed E-state index contributed by atoms with van der Waals surface area (Å²) in [5.74, 6) is 0. The minimum atomic E-state index is 0.264. The average molecular weight is 103 g/mol. The first-order chi connectivity index (χ1) is 2.77. The van der Waals surface area contributed by atoms with Crippen molar-refractivity contribution in [1.82, 2.24) is 0 Å². The van der Waals surface area contributed by atoms with E-state index in [9.17, 15) is 0 Å². The molecule has 0 aromatic heterocycles. The van der Waals surface area contributed by atoms with Gasteiger partial charge in [0, 0.05) is 11.3 Å². The molecule has 1 aliphatic rings. The van der Waals surface area contributed by atoms with Crippen molar-refractivity contribution in [3.05, 3.63) is 0 Å². The van der Waals surface area contributed by atoms with Gasteiger partial charge in [-0.1, -0.05) is 0 Å². The van der Waals surface area contributed by atoms with E-state index in [1.165, 1.54) is 12.8 Å². The van der Waals surface area contributed by atoms with Gasteiger partial charge in [-0.15, -0.1) is 0 Å². The summed E-state index contributed by atoms with van der Waals surface area (Å²) in [5.41, 5.74) is 5.29. The molecule has 1 rings (SSSR count). The molecule has 1 fully saturated rings. The highest BCUT2D eigenvalue weighted by Crippen LogP contribution is 2.40. The zero-order valence-corrected chi connectivity index (χ0v) is 4.54. The lowest BCUT2D eigenvalue weighted by atomic mass is 10.4. The maximum absolute atomic E-state index is 5.29. The van der Waals surface area contributed by atoms with Gasteiger partial charge in [-0.2, -0.15) is 12.6 Å². The predicted molar refractivity (Wildman–Crippen MR) is 30.0 cm³/mol. The summed E-state index contributed by atoms with van der Waals surface area (Å²) in [5, 5.41) is 0. The molecule has 0 radical (unpaired) electrons. The van der Waals surface area contributed by atoms with Crippen molar-refractivity contribution in [2.75, 3.05) is 6.54 Å². The zero-order valence-electron chi connectivity index (χ0n) is 3.65. The molecule has 0 aromatic rings. The highest BCUT2D eigenvalue weighted by Gasteiger charge is 2.36. The Hall–Kier alpha value is 0.310. The van der Waals surface area contributed by atoms with Crippen molar-refractivity contribution < 1.29 is 0 Å². The maximum atomic E-state index is 5.29. The molecule has 0 unspecified atom stereocenters. The molecule has 0 aliphatic heterocycles. The first-order valence-electron chi connectivity index (χ1n) is 2.19. The topological polar surface area (TPSA) is 26.0 Å². The normalized spacial score (nSPS) is 27.0. The van der Waals surface area contributed by atoms with Crippen molar-refractivity contribution >= 4 is 12.6 Å². The molecule has 0 spiro atoms. The molecule has 36 valence electrons. The maximum Gasteiger partial charge on any atom is 0.0253 e.